The maximum Gasteiger partial charge on any atom is 0.318 e. The summed E-state index contributed by atoms with van der Waals surface area (Å²) in [5.74, 6) is 0.537. The molecule has 0 aliphatic carbocycles. The summed E-state index contributed by atoms with van der Waals surface area (Å²) in [5.41, 5.74) is 1.91. The zero-order chi connectivity index (χ0) is 22.1. The van der Waals surface area contributed by atoms with Crippen molar-refractivity contribution in [2.75, 3.05) is 6.54 Å². The minimum Gasteiger partial charge on any atom is -0.333 e. The summed E-state index contributed by atoms with van der Waals surface area (Å²) >= 11 is 0. The highest BCUT2D eigenvalue weighted by Crippen LogP contribution is 2.23. The molecule has 0 saturated carbocycles. The summed E-state index contributed by atoms with van der Waals surface area (Å²) in [4.78, 5) is 33.0. The van der Waals surface area contributed by atoms with E-state index in [2.05, 4.69) is 5.32 Å². The number of rotatable bonds is 4. The number of urea groups is 1. The molecule has 1 heterocycles. The Morgan fingerprint density at radius 2 is 1.87 bits per heavy atom. The fourth-order valence-corrected chi connectivity index (χ4v) is 3.57. The van der Waals surface area contributed by atoms with E-state index >= 15 is 0 Å². The number of hydrogen-bond acceptors (Lipinski definition) is 3. The third kappa shape index (κ3) is 4.37. The second kappa shape index (κ2) is 8.30. The lowest BCUT2D eigenvalue weighted by Crippen LogP contribution is -2.49. The predicted octanol–water partition coefficient (Wildman–Crippen LogP) is 4.59. The molecule has 3 rings (SSSR count). The highest BCUT2D eigenvalue weighted by atomic mass is 16.2. The SMILES string of the molecule is CCN(C(=O)NC(C)(C)C)C(C)c1nc2ccccc2c(=O)n1-c1cccc(C)c1. The minimum atomic E-state index is -0.407. The first-order chi connectivity index (χ1) is 14.1. The Balaban J connectivity index is 2.22. The van der Waals surface area contributed by atoms with E-state index in [1.54, 1.807) is 15.5 Å². The van der Waals surface area contributed by atoms with Crippen LogP contribution < -0.4 is 10.9 Å². The van der Waals surface area contributed by atoms with Gasteiger partial charge in [-0.05, 0) is 71.4 Å². The van der Waals surface area contributed by atoms with Crippen LogP contribution in [0.25, 0.3) is 16.6 Å². The van der Waals surface area contributed by atoms with Crippen molar-refractivity contribution in [1.82, 2.24) is 19.8 Å². The van der Waals surface area contributed by atoms with Crippen molar-refractivity contribution in [2.45, 2.75) is 53.1 Å². The molecule has 6 nitrogen and oxygen atoms in total. The Labute approximate surface area is 177 Å². The van der Waals surface area contributed by atoms with Crippen molar-refractivity contribution in [3.05, 3.63) is 70.3 Å². The summed E-state index contributed by atoms with van der Waals surface area (Å²) in [6, 6.07) is 14.5. The molecule has 0 bridgehead atoms. The molecule has 1 unspecified atom stereocenters. The number of aromatic nitrogens is 2. The van der Waals surface area contributed by atoms with E-state index in [0.29, 0.717) is 23.3 Å². The van der Waals surface area contributed by atoms with Crippen LogP contribution in [0.2, 0.25) is 0 Å². The molecule has 0 saturated heterocycles. The molecule has 1 atom stereocenters. The lowest BCUT2D eigenvalue weighted by Gasteiger charge is -2.32. The van der Waals surface area contributed by atoms with Crippen LogP contribution in [0.4, 0.5) is 4.79 Å². The number of hydrogen-bond donors (Lipinski definition) is 1. The highest BCUT2D eigenvalue weighted by Gasteiger charge is 2.27. The quantitative estimate of drug-likeness (QED) is 0.689. The largest absolute Gasteiger partial charge is 0.333 e. The van der Waals surface area contributed by atoms with Gasteiger partial charge in [0.2, 0.25) is 0 Å². The number of aryl methyl sites for hydroxylation is 1. The van der Waals surface area contributed by atoms with Crippen molar-refractivity contribution >= 4 is 16.9 Å². The van der Waals surface area contributed by atoms with Crippen LogP contribution in [0.15, 0.2) is 53.3 Å². The van der Waals surface area contributed by atoms with Crippen molar-refractivity contribution in [3.8, 4) is 5.69 Å². The molecule has 30 heavy (non-hydrogen) atoms. The van der Waals surface area contributed by atoms with Crippen LogP contribution in [0.3, 0.4) is 0 Å². The minimum absolute atomic E-state index is 0.139. The number of para-hydroxylation sites is 1. The molecule has 6 heteroatoms. The average Bonchev–Trinajstić information content (AvgIpc) is 2.67. The molecule has 1 aromatic heterocycles. The molecule has 3 aromatic rings. The molecule has 2 aromatic carbocycles. The van der Waals surface area contributed by atoms with Crippen molar-refractivity contribution in [3.63, 3.8) is 0 Å². The van der Waals surface area contributed by atoms with Gasteiger partial charge in [0.1, 0.15) is 5.82 Å². The Morgan fingerprint density at radius 3 is 2.50 bits per heavy atom. The van der Waals surface area contributed by atoms with Crippen molar-refractivity contribution in [1.29, 1.82) is 0 Å². The molecule has 0 aliphatic heterocycles. The summed E-state index contributed by atoms with van der Waals surface area (Å²) in [6.45, 7) is 12.1. The number of carbonyl (C=O) groups excluding carboxylic acids is 1. The molecule has 0 radical (unpaired) electrons. The van der Waals surface area contributed by atoms with Crippen LogP contribution in [-0.4, -0.2) is 32.6 Å². The van der Waals surface area contributed by atoms with Gasteiger partial charge in [-0.25, -0.2) is 9.78 Å². The maximum absolute atomic E-state index is 13.5. The summed E-state index contributed by atoms with van der Waals surface area (Å²) in [7, 11) is 0. The molecule has 0 fully saturated rings. The lowest BCUT2D eigenvalue weighted by molar-refractivity contribution is 0.171. The molecule has 1 N–H and O–H groups in total. The summed E-state index contributed by atoms with van der Waals surface area (Å²) in [5, 5.41) is 3.57. The standard InChI is InChI=1S/C24H30N4O2/c1-7-27(23(30)26-24(4,5)6)17(3)21-25-20-14-9-8-13-19(20)22(29)28(21)18-12-10-11-16(2)15-18/h8-15,17H,7H2,1-6H3,(H,26,30). The second-order valence-corrected chi connectivity index (χ2v) is 8.61. The third-order valence-corrected chi connectivity index (χ3v) is 4.99. The number of benzene rings is 2. The Kier molecular flexibility index (Phi) is 5.97. The molecule has 0 aliphatic rings. The van der Waals surface area contributed by atoms with Gasteiger partial charge in [-0.2, -0.15) is 0 Å². The number of nitrogens with zero attached hydrogens (tertiary/aromatic N) is 3. The van der Waals surface area contributed by atoms with E-state index in [0.717, 1.165) is 11.3 Å². The van der Waals surface area contributed by atoms with E-state index in [-0.39, 0.29) is 17.1 Å². The Bertz CT molecular complexity index is 1130. The Morgan fingerprint density at radius 1 is 1.17 bits per heavy atom. The Hall–Kier alpha value is -3.15. The van der Waals surface area contributed by atoms with Crippen LogP contribution >= 0.6 is 0 Å². The van der Waals surface area contributed by atoms with Gasteiger partial charge in [0.05, 0.1) is 22.6 Å². The topological polar surface area (TPSA) is 67.2 Å². The number of nitrogens with one attached hydrogen (secondary N) is 1. The van der Waals surface area contributed by atoms with Gasteiger partial charge in [-0.15, -0.1) is 0 Å². The van der Waals surface area contributed by atoms with Gasteiger partial charge in [-0.1, -0.05) is 24.3 Å². The first kappa shape index (κ1) is 21.6. The van der Waals surface area contributed by atoms with Crippen molar-refractivity contribution < 1.29 is 4.79 Å². The highest BCUT2D eigenvalue weighted by molar-refractivity contribution is 5.78. The number of amides is 2. The van der Waals surface area contributed by atoms with Gasteiger partial charge in [0.15, 0.2) is 0 Å². The zero-order valence-electron chi connectivity index (χ0n) is 18.6. The number of carbonyl (C=O) groups is 1. The fraction of sp³-hybridized carbons (Fsp3) is 0.375. The first-order valence-corrected chi connectivity index (χ1v) is 10.3. The molecular weight excluding hydrogens is 376 g/mol. The van der Waals surface area contributed by atoms with Gasteiger partial charge in [0, 0.05) is 12.1 Å². The normalized spacial score (nSPS) is 12.6. The van der Waals surface area contributed by atoms with E-state index in [4.69, 9.17) is 4.98 Å². The van der Waals surface area contributed by atoms with Gasteiger partial charge in [-0.3, -0.25) is 9.36 Å². The van der Waals surface area contributed by atoms with Crippen LogP contribution in [0.5, 0.6) is 0 Å². The fourth-order valence-electron chi connectivity index (χ4n) is 3.57. The van der Waals surface area contributed by atoms with Gasteiger partial charge < -0.3 is 10.2 Å². The monoisotopic (exact) mass is 406 g/mol. The summed E-state index contributed by atoms with van der Waals surface area (Å²) < 4.78 is 1.63. The van der Waals surface area contributed by atoms with E-state index in [9.17, 15) is 9.59 Å². The van der Waals surface area contributed by atoms with Gasteiger partial charge >= 0.3 is 6.03 Å². The zero-order valence-corrected chi connectivity index (χ0v) is 18.6. The van der Waals surface area contributed by atoms with Crippen LogP contribution in [-0.2, 0) is 0 Å². The number of fused-ring (bicyclic) bond motifs is 1. The molecular formula is C24H30N4O2. The van der Waals surface area contributed by atoms with E-state index < -0.39 is 6.04 Å². The van der Waals surface area contributed by atoms with Crippen molar-refractivity contribution in [2.24, 2.45) is 0 Å². The van der Waals surface area contributed by atoms with E-state index in [1.807, 2.05) is 84.0 Å². The first-order valence-electron chi connectivity index (χ1n) is 10.3. The van der Waals surface area contributed by atoms with Crippen LogP contribution in [0, 0.1) is 6.92 Å². The lowest BCUT2D eigenvalue weighted by atomic mass is 10.1. The van der Waals surface area contributed by atoms with Gasteiger partial charge in [0.25, 0.3) is 5.56 Å². The van der Waals surface area contributed by atoms with Crippen LogP contribution in [0.1, 0.15) is 52.0 Å². The smallest absolute Gasteiger partial charge is 0.318 e. The molecule has 2 amide bonds. The predicted molar refractivity (Wildman–Crippen MR) is 121 cm³/mol. The average molecular weight is 407 g/mol. The molecule has 0 spiro atoms. The van der Waals surface area contributed by atoms with E-state index in [1.165, 1.54) is 0 Å². The molecule has 158 valence electrons. The second-order valence-electron chi connectivity index (χ2n) is 8.61. The maximum atomic E-state index is 13.5. The summed E-state index contributed by atoms with van der Waals surface area (Å²) in [6.07, 6.45) is 0. The third-order valence-electron chi connectivity index (χ3n) is 4.99.